The molecule has 2 unspecified atom stereocenters. The Balaban J connectivity index is 2.22. The first-order valence-corrected chi connectivity index (χ1v) is 8.58. The van der Waals surface area contributed by atoms with Gasteiger partial charge in [-0.05, 0) is 38.3 Å². The average Bonchev–Trinajstić information content (AvgIpc) is 2.58. The van der Waals surface area contributed by atoms with Crippen molar-refractivity contribution in [1.29, 1.82) is 0 Å². The van der Waals surface area contributed by atoms with Gasteiger partial charge in [0.1, 0.15) is 5.60 Å². The number of carbonyl (C=O) groups excluding carboxylic acids is 1. The summed E-state index contributed by atoms with van der Waals surface area (Å²) in [4.78, 5) is 12.3. The zero-order valence-electron chi connectivity index (χ0n) is 15.1. The minimum absolute atomic E-state index is 0.0374. The van der Waals surface area contributed by atoms with Crippen LogP contribution in [0.5, 0.6) is 0 Å². The number of amides is 1. The Labute approximate surface area is 149 Å². The summed E-state index contributed by atoms with van der Waals surface area (Å²) in [5.74, 6) is -0.155. The van der Waals surface area contributed by atoms with Crippen molar-refractivity contribution in [3.63, 3.8) is 0 Å². The molecular formula is C21H27NO3. The molecule has 0 bridgehead atoms. The number of carbonyl (C=O) groups is 1. The standard InChI is InChI=1S/C21H27NO3/c1-21(2,3)25-20(24)22-19(17-12-8-5-9-13-17)18(15-23)14-16-10-6-4-7-11-16/h4-13,18-19,23H,14-15H2,1-3H3,(H,22,24). The first-order chi connectivity index (χ1) is 11.9. The van der Waals surface area contributed by atoms with Gasteiger partial charge in [0.25, 0.3) is 0 Å². The lowest BCUT2D eigenvalue weighted by molar-refractivity contribution is 0.0469. The van der Waals surface area contributed by atoms with Gasteiger partial charge in [0.2, 0.25) is 0 Å². The summed E-state index contributed by atoms with van der Waals surface area (Å²) in [5, 5.41) is 12.9. The van der Waals surface area contributed by atoms with E-state index >= 15 is 0 Å². The Bertz CT molecular complexity index is 650. The fourth-order valence-electron chi connectivity index (χ4n) is 2.77. The second-order valence-electron chi connectivity index (χ2n) is 7.17. The minimum Gasteiger partial charge on any atom is -0.444 e. The van der Waals surface area contributed by atoms with Gasteiger partial charge < -0.3 is 15.2 Å². The average molecular weight is 341 g/mol. The largest absolute Gasteiger partial charge is 0.444 e. The molecule has 0 aliphatic heterocycles. The van der Waals surface area contributed by atoms with E-state index < -0.39 is 11.7 Å². The van der Waals surface area contributed by atoms with E-state index in [9.17, 15) is 9.90 Å². The summed E-state index contributed by atoms with van der Waals surface area (Å²) < 4.78 is 5.40. The van der Waals surface area contributed by atoms with Crippen LogP contribution in [-0.4, -0.2) is 23.4 Å². The van der Waals surface area contributed by atoms with Gasteiger partial charge in [-0.15, -0.1) is 0 Å². The third-order valence-corrected chi connectivity index (χ3v) is 3.88. The van der Waals surface area contributed by atoms with Gasteiger partial charge in [0, 0.05) is 12.5 Å². The van der Waals surface area contributed by atoms with Crippen LogP contribution in [0.1, 0.15) is 37.9 Å². The van der Waals surface area contributed by atoms with Crippen molar-refractivity contribution in [2.24, 2.45) is 5.92 Å². The monoisotopic (exact) mass is 341 g/mol. The van der Waals surface area contributed by atoms with E-state index in [1.54, 1.807) is 0 Å². The van der Waals surface area contributed by atoms with Gasteiger partial charge in [-0.3, -0.25) is 0 Å². The molecule has 2 atom stereocenters. The van der Waals surface area contributed by atoms with Crippen molar-refractivity contribution in [2.75, 3.05) is 6.61 Å². The molecule has 0 aliphatic carbocycles. The maximum absolute atomic E-state index is 12.3. The first-order valence-electron chi connectivity index (χ1n) is 8.58. The third-order valence-electron chi connectivity index (χ3n) is 3.88. The molecule has 2 N–H and O–H groups in total. The van der Waals surface area contributed by atoms with Gasteiger partial charge in [-0.25, -0.2) is 4.79 Å². The zero-order valence-corrected chi connectivity index (χ0v) is 15.1. The molecule has 0 fully saturated rings. The molecule has 0 aromatic heterocycles. The van der Waals surface area contributed by atoms with Crippen LogP contribution < -0.4 is 5.32 Å². The van der Waals surface area contributed by atoms with Crippen LogP contribution in [0.3, 0.4) is 0 Å². The number of aliphatic hydroxyl groups excluding tert-OH is 1. The molecule has 4 nitrogen and oxygen atoms in total. The maximum atomic E-state index is 12.3. The summed E-state index contributed by atoms with van der Waals surface area (Å²) in [6.45, 7) is 5.46. The van der Waals surface area contributed by atoms with Crippen molar-refractivity contribution in [2.45, 2.75) is 38.8 Å². The van der Waals surface area contributed by atoms with Gasteiger partial charge in [-0.2, -0.15) is 0 Å². The normalized spacial score (nSPS) is 13.8. The number of benzene rings is 2. The second-order valence-corrected chi connectivity index (χ2v) is 7.17. The molecule has 25 heavy (non-hydrogen) atoms. The fourth-order valence-corrected chi connectivity index (χ4v) is 2.77. The van der Waals surface area contributed by atoms with E-state index in [0.29, 0.717) is 6.42 Å². The molecular weight excluding hydrogens is 314 g/mol. The Morgan fingerprint density at radius 3 is 2.12 bits per heavy atom. The molecule has 4 heteroatoms. The molecule has 0 spiro atoms. The van der Waals surface area contributed by atoms with Crippen LogP contribution in [-0.2, 0) is 11.2 Å². The summed E-state index contributed by atoms with van der Waals surface area (Å²) in [6.07, 6.45) is 0.181. The minimum atomic E-state index is -0.570. The lowest BCUT2D eigenvalue weighted by atomic mass is 9.88. The van der Waals surface area contributed by atoms with E-state index in [1.165, 1.54) is 0 Å². The van der Waals surface area contributed by atoms with E-state index in [2.05, 4.69) is 5.32 Å². The molecule has 2 aromatic rings. The van der Waals surface area contributed by atoms with Crippen molar-refractivity contribution in [3.05, 3.63) is 71.8 Å². The summed E-state index contributed by atoms with van der Waals surface area (Å²) in [6, 6.07) is 19.3. The van der Waals surface area contributed by atoms with Crippen molar-refractivity contribution < 1.29 is 14.6 Å². The van der Waals surface area contributed by atoms with Gasteiger partial charge >= 0.3 is 6.09 Å². The highest BCUT2D eigenvalue weighted by Crippen LogP contribution is 2.26. The number of hydrogen-bond donors (Lipinski definition) is 2. The summed E-state index contributed by atoms with van der Waals surface area (Å²) >= 11 is 0. The number of nitrogens with one attached hydrogen (secondary N) is 1. The molecule has 2 aromatic carbocycles. The second kappa shape index (κ2) is 8.67. The molecule has 0 heterocycles. The number of ether oxygens (including phenoxy) is 1. The summed E-state index contributed by atoms with van der Waals surface area (Å²) in [7, 11) is 0. The van der Waals surface area contributed by atoms with Crippen LogP contribution in [0.2, 0.25) is 0 Å². The van der Waals surface area contributed by atoms with Crippen molar-refractivity contribution in [3.8, 4) is 0 Å². The fraction of sp³-hybridized carbons (Fsp3) is 0.381. The number of alkyl carbamates (subject to hydrolysis) is 1. The smallest absolute Gasteiger partial charge is 0.408 e. The highest BCUT2D eigenvalue weighted by atomic mass is 16.6. The van der Waals surface area contributed by atoms with Crippen LogP contribution in [0.4, 0.5) is 4.79 Å². The molecule has 0 aliphatic rings. The quantitative estimate of drug-likeness (QED) is 0.831. The Hall–Kier alpha value is -2.33. The van der Waals surface area contributed by atoms with Crippen molar-refractivity contribution in [1.82, 2.24) is 5.32 Å². The molecule has 2 rings (SSSR count). The topological polar surface area (TPSA) is 58.6 Å². The van der Waals surface area contributed by atoms with Crippen LogP contribution in [0, 0.1) is 5.92 Å². The lowest BCUT2D eigenvalue weighted by Gasteiger charge is -2.29. The predicted octanol–water partition coefficient (Wildman–Crippen LogP) is 4.10. The number of aliphatic hydroxyl groups is 1. The number of hydrogen-bond acceptors (Lipinski definition) is 3. The highest BCUT2D eigenvalue weighted by Gasteiger charge is 2.27. The van der Waals surface area contributed by atoms with Crippen molar-refractivity contribution >= 4 is 6.09 Å². The molecule has 0 saturated carbocycles. The molecule has 1 amide bonds. The zero-order chi connectivity index (χ0) is 18.3. The first kappa shape index (κ1) is 19.0. The molecule has 134 valence electrons. The van der Waals surface area contributed by atoms with Gasteiger partial charge in [-0.1, -0.05) is 60.7 Å². The van der Waals surface area contributed by atoms with Gasteiger partial charge in [0.15, 0.2) is 0 Å². The van der Waals surface area contributed by atoms with Gasteiger partial charge in [0.05, 0.1) is 6.04 Å². The Morgan fingerprint density at radius 1 is 1.04 bits per heavy atom. The van der Waals surface area contributed by atoms with E-state index in [0.717, 1.165) is 11.1 Å². The summed E-state index contributed by atoms with van der Waals surface area (Å²) in [5.41, 5.74) is 1.50. The van der Waals surface area contributed by atoms with E-state index in [4.69, 9.17) is 4.74 Å². The van der Waals surface area contributed by atoms with E-state index in [1.807, 2.05) is 81.4 Å². The molecule has 0 saturated heterocycles. The predicted molar refractivity (Wildman–Crippen MR) is 99.3 cm³/mol. The maximum Gasteiger partial charge on any atom is 0.408 e. The van der Waals surface area contributed by atoms with Crippen LogP contribution in [0.25, 0.3) is 0 Å². The van der Waals surface area contributed by atoms with Crippen LogP contribution in [0.15, 0.2) is 60.7 Å². The lowest BCUT2D eigenvalue weighted by Crippen LogP contribution is -2.39. The SMILES string of the molecule is CC(C)(C)OC(=O)NC(c1ccccc1)C(CO)Cc1ccccc1. The highest BCUT2D eigenvalue weighted by molar-refractivity contribution is 5.68. The Morgan fingerprint density at radius 2 is 1.60 bits per heavy atom. The van der Waals surface area contributed by atoms with E-state index in [-0.39, 0.29) is 18.6 Å². The molecule has 0 radical (unpaired) electrons. The third kappa shape index (κ3) is 6.24. The number of rotatable bonds is 6. The Kier molecular flexibility index (Phi) is 6.59. The van der Waals surface area contributed by atoms with Crippen LogP contribution >= 0.6 is 0 Å².